The van der Waals surface area contributed by atoms with Gasteiger partial charge in [0.2, 0.25) is 5.91 Å². The third-order valence-corrected chi connectivity index (χ3v) is 1.90. The van der Waals surface area contributed by atoms with Crippen molar-refractivity contribution in [3.63, 3.8) is 0 Å². The Bertz CT molecular complexity index is 127. The van der Waals surface area contributed by atoms with Crippen LogP contribution in [0.3, 0.4) is 0 Å². The Hall–Kier alpha value is -0.530. The zero-order valence-corrected chi connectivity index (χ0v) is 7.19. The van der Waals surface area contributed by atoms with Crippen LogP contribution in [0.1, 0.15) is 27.7 Å². The van der Waals surface area contributed by atoms with Crippen LogP contribution in [-0.2, 0) is 4.79 Å². The third-order valence-electron chi connectivity index (χ3n) is 1.90. The van der Waals surface area contributed by atoms with E-state index in [1.807, 2.05) is 13.8 Å². The molecule has 10 heavy (non-hydrogen) atoms. The fourth-order valence-corrected chi connectivity index (χ4v) is 0.504. The van der Waals surface area contributed by atoms with Crippen LogP contribution in [0.15, 0.2) is 0 Å². The van der Waals surface area contributed by atoms with Gasteiger partial charge < -0.3 is 5.32 Å². The Balaban J connectivity index is 3.99. The molecule has 0 spiro atoms. The summed E-state index contributed by atoms with van der Waals surface area (Å²) in [6.45, 7) is 11.4. The molecule has 0 saturated heterocycles. The zero-order valence-electron chi connectivity index (χ0n) is 7.19. The van der Waals surface area contributed by atoms with Crippen molar-refractivity contribution in [3.8, 4) is 0 Å². The van der Waals surface area contributed by atoms with Crippen molar-refractivity contribution >= 4 is 5.91 Å². The van der Waals surface area contributed by atoms with E-state index in [9.17, 15) is 4.79 Å². The van der Waals surface area contributed by atoms with Gasteiger partial charge in [-0.2, -0.15) is 0 Å². The molecule has 0 aromatic carbocycles. The number of nitrogens with one attached hydrogen (secondary N) is 1. The lowest BCUT2D eigenvalue weighted by atomic mass is 9.91. The maximum Gasteiger partial charge on any atom is 0.220 e. The van der Waals surface area contributed by atoms with Gasteiger partial charge in [-0.1, -0.05) is 13.8 Å². The summed E-state index contributed by atoms with van der Waals surface area (Å²) in [6.07, 6.45) is 0. The predicted molar refractivity (Wildman–Crippen MR) is 42.4 cm³/mol. The number of hydrogen-bond acceptors (Lipinski definition) is 1. The number of carbonyl (C=O) groups is 1. The van der Waals surface area contributed by atoms with Crippen molar-refractivity contribution in [2.75, 3.05) is 0 Å². The summed E-state index contributed by atoms with van der Waals surface area (Å²) >= 11 is 0. The normalized spacial score (nSPS) is 11.8. The highest BCUT2D eigenvalue weighted by Gasteiger charge is 2.22. The lowest BCUT2D eigenvalue weighted by molar-refractivity contribution is -0.118. The average molecular weight is 142 g/mol. The molecule has 0 rings (SSSR count). The maximum atomic E-state index is 10.5. The van der Waals surface area contributed by atoms with Gasteiger partial charge in [0.15, 0.2) is 0 Å². The quantitative estimate of drug-likeness (QED) is 0.620. The van der Waals surface area contributed by atoms with Crippen LogP contribution in [0.25, 0.3) is 0 Å². The Kier molecular flexibility index (Phi) is 2.88. The van der Waals surface area contributed by atoms with E-state index < -0.39 is 0 Å². The van der Waals surface area contributed by atoms with E-state index in [1.165, 1.54) is 0 Å². The number of carbonyl (C=O) groups excluding carboxylic acids is 1. The Morgan fingerprint density at radius 2 is 1.90 bits per heavy atom. The molecule has 0 unspecified atom stereocenters. The summed E-state index contributed by atoms with van der Waals surface area (Å²) in [5.41, 5.74) is -0.140. The van der Waals surface area contributed by atoms with Gasteiger partial charge in [-0.3, -0.25) is 4.79 Å². The number of hydrogen-bond donors (Lipinski definition) is 1. The van der Waals surface area contributed by atoms with Crippen LogP contribution in [-0.4, -0.2) is 11.4 Å². The highest BCUT2D eigenvalue weighted by Crippen LogP contribution is 2.14. The molecular formula is C8H16NO. The number of amides is 1. The Labute approximate surface area is 63.0 Å². The molecule has 1 N–H and O–H groups in total. The van der Waals surface area contributed by atoms with Gasteiger partial charge in [0.25, 0.3) is 0 Å². The molecule has 0 bridgehead atoms. The molecule has 0 aromatic rings. The van der Waals surface area contributed by atoms with E-state index >= 15 is 0 Å². The van der Waals surface area contributed by atoms with E-state index in [2.05, 4.69) is 26.1 Å². The van der Waals surface area contributed by atoms with Gasteiger partial charge in [0.05, 0.1) is 0 Å². The van der Waals surface area contributed by atoms with Gasteiger partial charge in [0, 0.05) is 12.5 Å². The highest BCUT2D eigenvalue weighted by molar-refractivity contribution is 5.80. The molecule has 1 radical (unpaired) electrons. The minimum absolute atomic E-state index is 0.140. The molecule has 2 nitrogen and oxygen atoms in total. The second kappa shape index (κ2) is 3.04. The first-order valence-corrected chi connectivity index (χ1v) is 3.50. The molecule has 0 aliphatic carbocycles. The van der Waals surface area contributed by atoms with Gasteiger partial charge >= 0.3 is 0 Å². The maximum absolute atomic E-state index is 10.5. The molecule has 0 aliphatic heterocycles. The molecule has 0 aromatic heterocycles. The van der Waals surface area contributed by atoms with Crippen molar-refractivity contribution in [3.05, 3.63) is 6.92 Å². The van der Waals surface area contributed by atoms with Crippen LogP contribution in [0.5, 0.6) is 0 Å². The first kappa shape index (κ1) is 9.47. The summed E-state index contributed by atoms with van der Waals surface area (Å²) in [7, 11) is 0. The monoisotopic (exact) mass is 142 g/mol. The van der Waals surface area contributed by atoms with Gasteiger partial charge in [-0.05, 0) is 19.8 Å². The first-order valence-electron chi connectivity index (χ1n) is 3.50. The minimum atomic E-state index is -0.210. The molecule has 1 amide bonds. The lowest BCUT2D eigenvalue weighted by Gasteiger charge is -2.29. The van der Waals surface area contributed by atoms with Crippen molar-refractivity contribution in [2.45, 2.75) is 33.2 Å². The second-order valence-electron chi connectivity index (χ2n) is 3.42. The molecular weight excluding hydrogens is 126 g/mol. The smallest absolute Gasteiger partial charge is 0.220 e. The Morgan fingerprint density at radius 3 is 2.00 bits per heavy atom. The van der Waals surface area contributed by atoms with Crippen LogP contribution in [0.2, 0.25) is 0 Å². The predicted octanol–water partition coefficient (Wildman–Crippen LogP) is 1.37. The van der Waals surface area contributed by atoms with E-state index in [1.54, 1.807) is 0 Å². The molecule has 59 valence electrons. The highest BCUT2D eigenvalue weighted by atomic mass is 16.1. The standard InChI is InChI=1S/C8H16NO/c1-6(2)8(4,5)9-7(3)10/h6H,3H2,1-2,4-5H3,(H,9,10). The largest absolute Gasteiger partial charge is 0.351 e. The molecule has 0 fully saturated rings. The second-order valence-corrected chi connectivity index (χ2v) is 3.42. The van der Waals surface area contributed by atoms with Crippen molar-refractivity contribution in [1.29, 1.82) is 0 Å². The Morgan fingerprint density at radius 1 is 1.50 bits per heavy atom. The molecule has 0 saturated carbocycles. The van der Waals surface area contributed by atoms with E-state index in [-0.39, 0.29) is 11.4 Å². The van der Waals surface area contributed by atoms with Crippen LogP contribution in [0.4, 0.5) is 0 Å². The lowest BCUT2D eigenvalue weighted by Crippen LogP contribution is -2.46. The average Bonchev–Trinajstić information content (AvgIpc) is 1.60. The molecule has 2 heteroatoms. The summed E-state index contributed by atoms with van der Waals surface area (Å²) in [5, 5.41) is 2.77. The van der Waals surface area contributed by atoms with E-state index in [0.717, 1.165) is 0 Å². The fourth-order valence-electron chi connectivity index (χ4n) is 0.504. The SMILES string of the molecule is [CH2]C(=O)NC(C)(C)C(C)C. The molecule has 0 atom stereocenters. The fraction of sp³-hybridized carbons (Fsp3) is 0.750. The van der Waals surface area contributed by atoms with Crippen LogP contribution >= 0.6 is 0 Å². The molecule has 0 heterocycles. The zero-order chi connectivity index (χ0) is 8.36. The van der Waals surface area contributed by atoms with Gasteiger partial charge in [-0.25, -0.2) is 0 Å². The number of rotatable bonds is 2. The van der Waals surface area contributed by atoms with Gasteiger partial charge in [-0.15, -0.1) is 0 Å². The summed E-state index contributed by atoms with van der Waals surface area (Å²) in [4.78, 5) is 10.5. The van der Waals surface area contributed by atoms with Crippen LogP contribution < -0.4 is 5.32 Å². The molecule has 0 aliphatic rings. The topological polar surface area (TPSA) is 29.1 Å². The van der Waals surface area contributed by atoms with Crippen molar-refractivity contribution < 1.29 is 4.79 Å². The first-order chi connectivity index (χ1) is 4.36. The van der Waals surface area contributed by atoms with E-state index in [4.69, 9.17) is 0 Å². The summed E-state index contributed by atoms with van der Waals surface area (Å²) < 4.78 is 0. The van der Waals surface area contributed by atoms with Crippen LogP contribution in [0, 0.1) is 12.8 Å². The van der Waals surface area contributed by atoms with E-state index in [0.29, 0.717) is 5.92 Å². The third kappa shape index (κ3) is 2.85. The summed E-state index contributed by atoms with van der Waals surface area (Å²) in [5.74, 6) is 0.219. The minimum Gasteiger partial charge on any atom is -0.351 e. The summed E-state index contributed by atoms with van der Waals surface area (Å²) in [6, 6.07) is 0. The van der Waals surface area contributed by atoms with Gasteiger partial charge in [0.1, 0.15) is 0 Å². The van der Waals surface area contributed by atoms with Crippen molar-refractivity contribution in [2.24, 2.45) is 5.92 Å². The van der Waals surface area contributed by atoms with Crippen molar-refractivity contribution in [1.82, 2.24) is 5.32 Å².